The van der Waals surface area contributed by atoms with Crippen LogP contribution in [0, 0.1) is 22.7 Å². The zero-order chi connectivity index (χ0) is 28.8. The monoisotopic (exact) mass is 531 g/mol. The molecule has 0 fully saturated rings. The van der Waals surface area contributed by atoms with E-state index in [1.165, 1.54) is 5.56 Å². The van der Waals surface area contributed by atoms with Crippen LogP contribution in [-0.4, -0.2) is 9.97 Å². The topological polar surface area (TPSA) is 76.6 Å². The van der Waals surface area contributed by atoms with Crippen molar-refractivity contribution in [1.82, 2.24) is 9.97 Å². The number of nitrogens with zero attached hydrogens (tertiary/aromatic N) is 5. The van der Waals surface area contributed by atoms with Gasteiger partial charge in [-0.25, -0.2) is 9.97 Å². The molecule has 0 bridgehead atoms. The lowest BCUT2D eigenvalue weighted by molar-refractivity contribution is 0.590. The Kier molecular flexibility index (Phi) is 7.72. The minimum absolute atomic E-state index is 0.0121. The third-order valence-corrected chi connectivity index (χ3v) is 6.77. The predicted octanol–water partition coefficient (Wildman–Crippen LogP) is 8.82. The first-order chi connectivity index (χ1) is 19.9. The summed E-state index contributed by atoms with van der Waals surface area (Å²) in [5.41, 5.74) is 7.31. The van der Waals surface area contributed by atoms with Crippen molar-refractivity contribution in [3.63, 3.8) is 0 Å². The molecule has 0 radical (unpaired) electrons. The van der Waals surface area contributed by atoms with Gasteiger partial charge in [0.15, 0.2) is 11.4 Å². The number of hydrogen-bond acceptors (Lipinski definition) is 5. The predicted molar refractivity (Wildman–Crippen MR) is 166 cm³/mol. The van der Waals surface area contributed by atoms with Crippen molar-refractivity contribution in [2.45, 2.75) is 26.2 Å². The van der Waals surface area contributed by atoms with Gasteiger partial charge in [0.05, 0.1) is 11.4 Å². The third kappa shape index (κ3) is 6.06. The summed E-state index contributed by atoms with van der Waals surface area (Å²) in [5, 5.41) is 19.2. The van der Waals surface area contributed by atoms with E-state index < -0.39 is 0 Å². The highest BCUT2D eigenvalue weighted by Crippen LogP contribution is 2.34. The molecule has 0 saturated carbocycles. The van der Waals surface area contributed by atoms with Crippen molar-refractivity contribution in [2.75, 3.05) is 4.90 Å². The molecule has 1 aromatic heterocycles. The van der Waals surface area contributed by atoms with Gasteiger partial charge in [0.25, 0.3) is 0 Å². The van der Waals surface area contributed by atoms with Gasteiger partial charge in [-0.15, -0.1) is 0 Å². The first kappa shape index (κ1) is 27.1. The number of para-hydroxylation sites is 2. The normalized spacial score (nSPS) is 11.1. The fourth-order valence-corrected chi connectivity index (χ4v) is 4.57. The molecular formula is C36H29N5. The largest absolute Gasteiger partial charge is 0.311 e. The maximum Gasteiger partial charge on any atom is 0.177 e. The Morgan fingerprint density at radius 2 is 1.12 bits per heavy atom. The molecule has 0 amide bonds. The molecule has 0 atom stereocenters. The quantitative estimate of drug-likeness (QED) is 0.219. The van der Waals surface area contributed by atoms with Crippen LogP contribution in [0.15, 0.2) is 109 Å². The lowest BCUT2D eigenvalue weighted by atomic mass is 9.86. The first-order valence-corrected chi connectivity index (χ1v) is 13.4. The van der Waals surface area contributed by atoms with Gasteiger partial charge in [0, 0.05) is 22.6 Å². The Bertz CT molecular complexity index is 1710. The molecule has 0 saturated heterocycles. The summed E-state index contributed by atoms with van der Waals surface area (Å²) >= 11 is 0. The Balaban J connectivity index is 1.50. The van der Waals surface area contributed by atoms with Crippen LogP contribution < -0.4 is 4.90 Å². The molecule has 41 heavy (non-hydrogen) atoms. The summed E-state index contributed by atoms with van der Waals surface area (Å²) in [7, 11) is 0. The van der Waals surface area contributed by atoms with E-state index >= 15 is 0 Å². The highest BCUT2D eigenvalue weighted by molar-refractivity contribution is 5.80. The summed E-state index contributed by atoms with van der Waals surface area (Å²) < 4.78 is 0. The number of anilines is 3. The minimum atomic E-state index is 0.0121. The van der Waals surface area contributed by atoms with Crippen LogP contribution in [-0.2, 0) is 5.41 Å². The molecule has 5 heteroatoms. The van der Waals surface area contributed by atoms with Crippen molar-refractivity contribution in [2.24, 2.45) is 0 Å². The molecule has 0 aliphatic rings. The molecule has 5 rings (SSSR count). The molecule has 5 nitrogen and oxygen atoms in total. The molecule has 0 unspecified atom stereocenters. The Labute approximate surface area is 241 Å². The van der Waals surface area contributed by atoms with Gasteiger partial charge in [0.2, 0.25) is 0 Å². The van der Waals surface area contributed by atoms with Crippen LogP contribution in [0.25, 0.3) is 23.4 Å². The van der Waals surface area contributed by atoms with E-state index in [0.29, 0.717) is 11.4 Å². The summed E-state index contributed by atoms with van der Waals surface area (Å²) in [6.07, 6.45) is 3.80. The van der Waals surface area contributed by atoms with Crippen LogP contribution in [0.5, 0.6) is 0 Å². The van der Waals surface area contributed by atoms with E-state index in [-0.39, 0.29) is 16.8 Å². The van der Waals surface area contributed by atoms with E-state index in [9.17, 15) is 10.5 Å². The van der Waals surface area contributed by atoms with Gasteiger partial charge in [-0.2, -0.15) is 10.5 Å². The molecule has 0 spiro atoms. The van der Waals surface area contributed by atoms with E-state index in [2.05, 4.69) is 84.2 Å². The number of hydrogen-bond donors (Lipinski definition) is 0. The van der Waals surface area contributed by atoms with Crippen LogP contribution in [0.3, 0.4) is 0 Å². The van der Waals surface area contributed by atoms with Crippen LogP contribution in [0.4, 0.5) is 17.1 Å². The number of aromatic nitrogens is 2. The van der Waals surface area contributed by atoms with E-state index in [1.54, 1.807) is 0 Å². The first-order valence-electron chi connectivity index (χ1n) is 13.4. The van der Waals surface area contributed by atoms with Gasteiger partial charge >= 0.3 is 0 Å². The molecule has 1 heterocycles. The van der Waals surface area contributed by atoms with Gasteiger partial charge < -0.3 is 4.90 Å². The number of benzene rings is 4. The van der Waals surface area contributed by atoms with Crippen molar-refractivity contribution in [3.05, 3.63) is 137 Å². The smallest absolute Gasteiger partial charge is 0.177 e. The van der Waals surface area contributed by atoms with Crippen molar-refractivity contribution in [3.8, 4) is 23.4 Å². The lowest BCUT2D eigenvalue weighted by Crippen LogP contribution is -2.10. The van der Waals surface area contributed by atoms with Gasteiger partial charge in [-0.3, -0.25) is 0 Å². The van der Waals surface area contributed by atoms with Crippen LogP contribution >= 0.6 is 0 Å². The van der Waals surface area contributed by atoms with E-state index in [4.69, 9.17) is 0 Å². The minimum Gasteiger partial charge on any atom is -0.311 e. The SMILES string of the molecule is CC(C)(C)c1ccc(-c2nc(C#N)c(C#N)nc2/C=C/c2ccc(N(c3ccccc3)c3ccccc3)cc2)cc1. The summed E-state index contributed by atoms with van der Waals surface area (Å²) in [5.74, 6) is 0. The zero-order valence-corrected chi connectivity index (χ0v) is 23.3. The molecule has 0 N–H and O–H groups in total. The van der Waals surface area contributed by atoms with E-state index in [1.807, 2.05) is 85.0 Å². The Morgan fingerprint density at radius 1 is 0.610 bits per heavy atom. The highest BCUT2D eigenvalue weighted by Gasteiger charge is 2.17. The molecular weight excluding hydrogens is 502 g/mol. The maximum atomic E-state index is 9.58. The average molecular weight is 532 g/mol. The van der Waals surface area contributed by atoms with Crippen LogP contribution in [0.1, 0.15) is 49.0 Å². The van der Waals surface area contributed by atoms with E-state index in [0.717, 1.165) is 28.2 Å². The fraction of sp³-hybridized carbons (Fsp3) is 0.111. The fourth-order valence-electron chi connectivity index (χ4n) is 4.57. The summed E-state index contributed by atoms with van der Waals surface area (Å²) in [6.45, 7) is 6.49. The Morgan fingerprint density at radius 3 is 1.63 bits per heavy atom. The second kappa shape index (κ2) is 11.7. The Hall–Kier alpha value is -5.52. The maximum absolute atomic E-state index is 9.58. The lowest BCUT2D eigenvalue weighted by Gasteiger charge is -2.25. The molecule has 5 aromatic rings. The van der Waals surface area contributed by atoms with Gasteiger partial charge in [-0.05, 0) is 59.0 Å². The summed E-state index contributed by atoms with van der Waals surface area (Å²) in [6, 6.07) is 40.9. The molecule has 0 aliphatic heterocycles. The standard InChI is InChI=1S/C36H29N5/c1-36(2,3)28-19-17-27(18-20-28)35-32(39-33(24-37)34(25-38)40-35)23-16-26-14-21-31(22-15-26)41(29-10-6-4-7-11-29)30-12-8-5-9-13-30/h4-23H,1-3H3/b23-16+. The highest BCUT2D eigenvalue weighted by atomic mass is 15.1. The number of nitriles is 2. The van der Waals surface area contributed by atoms with Crippen molar-refractivity contribution in [1.29, 1.82) is 10.5 Å². The molecule has 4 aromatic carbocycles. The van der Waals surface area contributed by atoms with Gasteiger partial charge in [-0.1, -0.05) is 99.6 Å². The molecule has 198 valence electrons. The summed E-state index contributed by atoms with van der Waals surface area (Å²) in [4.78, 5) is 11.3. The van der Waals surface area contributed by atoms with Crippen molar-refractivity contribution < 1.29 is 0 Å². The van der Waals surface area contributed by atoms with Gasteiger partial charge in [0.1, 0.15) is 12.1 Å². The third-order valence-electron chi connectivity index (χ3n) is 6.77. The molecule has 0 aliphatic carbocycles. The zero-order valence-electron chi connectivity index (χ0n) is 23.3. The van der Waals surface area contributed by atoms with Crippen LogP contribution in [0.2, 0.25) is 0 Å². The average Bonchev–Trinajstić information content (AvgIpc) is 3.01. The number of rotatable bonds is 6. The second-order valence-electron chi connectivity index (χ2n) is 10.6. The van der Waals surface area contributed by atoms with Crippen molar-refractivity contribution >= 4 is 29.2 Å². The second-order valence-corrected chi connectivity index (χ2v) is 10.6.